The van der Waals surface area contributed by atoms with E-state index in [0.29, 0.717) is 5.92 Å². The van der Waals surface area contributed by atoms with Gasteiger partial charge < -0.3 is 4.98 Å². The van der Waals surface area contributed by atoms with Crippen molar-refractivity contribution in [1.29, 1.82) is 0 Å². The minimum atomic E-state index is 0.0430. The third-order valence-corrected chi connectivity index (χ3v) is 7.66. The Morgan fingerprint density at radius 1 is 1.24 bits per heavy atom. The highest BCUT2D eigenvalue weighted by Crippen LogP contribution is 2.36. The number of aromatic amines is 1. The van der Waals surface area contributed by atoms with E-state index in [0.717, 1.165) is 48.4 Å². The summed E-state index contributed by atoms with van der Waals surface area (Å²) in [5.41, 5.74) is 4.02. The van der Waals surface area contributed by atoms with Crippen LogP contribution in [0.4, 0.5) is 0 Å². The standard InChI is InChI=1S/C24H27N3OS/c1-15-8-9-19-20(14-15)29-24-21(19)23(28)25-22(26-24)16(2)27-12-10-18(11-13-27)17-6-4-3-5-7-17/h3-7,10,15-16H,8-9,11-14H2,1-2H3,(H,25,26,28). The van der Waals surface area contributed by atoms with Crippen molar-refractivity contribution in [2.75, 3.05) is 13.1 Å². The van der Waals surface area contributed by atoms with Gasteiger partial charge in [-0.15, -0.1) is 11.3 Å². The fraction of sp³-hybridized carbons (Fsp3) is 0.417. The summed E-state index contributed by atoms with van der Waals surface area (Å²) in [6, 6.07) is 10.7. The summed E-state index contributed by atoms with van der Waals surface area (Å²) in [7, 11) is 0. The molecule has 0 bridgehead atoms. The van der Waals surface area contributed by atoms with E-state index in [4.69, 9.17) is 4.98 Å². The van der Waals surface area contributed by atoms with Crippen LogP contribution in [0.15, 0.2) is 41.2 Å². The first-order valence-electron chi connectivity index (χ1n) is 10.6. The zero-order valence-electron chi connectivity index (χ0n) is 17.1. The summed E-state index contributed by atoms with van der Waals surface area (Å²) in [6.45, 7) is 6.31. The minimum absolute atomic E-state index is 0.0430. The van der Waals surface area contributed by atoms with E-state index in [2.05, 4.69) is 60.1 Å². The number of H-pyrrole nitrogens is 1. The maximum Gasteiger partial charge on any atom is 0.259 e. The van der Waals surface area contributed by atoms with Crippen molar-refractivity contribution in [3.63, 3.8) is 0 Å². The molecule has 2 atom stereocenters. The molecule has 150 valence electrons. The Balaban J connectivity index is 1.41. The zero-order chi connectivity index (χ0) is 20.0. The topological polar surface area (TPSA) is 49.0 Å². The van der Waals surface area contributed by atoms with Gasteiger partial charge in [-0.2, -0.15) is 0 Å². The molecule has 2 unspecified atom stereocenters. The normalized spacial score (nSPS) is 21.0. The molecular formula is C24H27N3OS. The number of aryl methyl sites for hydroxylation is 1. The lowest BCUT2D eigenvalue weighted by Crippen LogP contribution is -2.33. The van der Waals surface area contributed by atoms with Crippen molar-refractivity contribution in [2.45, 2.75) is 45.6 Å². The summed E-state index contributed by atoms with van der Waals surface area (Å²) in [6.07, 6.45) is 6.60. The second kappa shape index (κ2) is 7.54. The fourth-order valence-corrected chi connectivity index (χ4v) is 6.08. The van der Waals surface area contributed by atoms with Gasteiger partial charge in [-0.05, 0) is 55.2 Å². The lowest BCUT2D eigenvalue weighted by atomic mass is 9.89. The van der Waals surface area contributed by atoms with Gasteiger partial charge in [0.15, 0.2) is 0 Å². The fourth-order valence-electron chi connectivity index (χ4n) is 4.69. The first-order valence-corrected chi connectivity index (χ1v) is 11.4. The minimum Gasteiger partial charge on any atom is -0.309 e. The molecular weight excluding hydrogens is 378 g/mol. The molecule has 5 rings (SSSR count). The molecule has 3 heterocycles. The molecule has 5 heteroatoms. The van der Waals surface area contributed by atoms with Crippen LogP contribution >= 0.6 is 11.3 Å². The number of hydrogen-bond acceptors (Lipinski definition) is 4. The lowest BCUT2D eigenvalue weighted by molar-refractivity contribution is 0.225. The predicted molar refractivity (Wildman–Crippen MR) is 120 cm³/mol. The second-order valence-corrected chi connectivity index (χ2v) is 9.58. The van der Waals surface area contributed by atoms with Crippen LogP contribution in [-0.2, 0) is 12.8 Å². The summed E-state index contributed by atoms with van der Waals surface area (Å²) in [5.74, 6) is 1.50. The molecule has 2 aliphatic rings. The maximum atomic E-state index is 12.9. The summed E-state index contributed by atoms with van der Waals surface area (Å²) in [4.78, 5) is 25.6. The van der Waals surface area contributed by atoms with Gasteiger partial charge in [0.1, 0.15) is 10.7 Å². The number of aromatic nitrogens is 2. The smallest absolute Gasteiger partial charge is 0.259 e. The van der Waals surface area contributed by atoms with Crippen molar-refractivity contribution in [3.05, 3.63) is 68.6 Å². The number of nitrogens with zero attached hydrogens (tertiary/aromatic N) is 2. The zero-order valence-corrected chi connectivity index (χ0v) is 17.9. The van der Waals surface area contributed by atoms with E-state index < -0.39 is 0 Å². The summed E-state index contributed by atoms with van der Waals surface area (Å²) < 4.78 is 0. The molecule has 3 aromatic rings. The number of rotatable bonds is 3. The van der Waals surface area contributed by atoms with Gasteiger partial charge >= 0.3 is 0 Å². The van der Waals surface area contributed by atoms with Gasteiger partial charge in [0.05, 0.1) is 11.4 Å². The van der Waals surface area contributed by atoms with Crippen LogP contribution in [0.2, 0.25) is 0 Å². The molecule has 29 heavy (non-hydrogen) atoms. The Bertz CT molecular complexity index is 1130. The molecule has 0 saturated carbocycles. The number of hydrogen-bond donors (Lipinski definition) is 1. The summed E-state index contributed by atoms with van der Waals surface area (Å²) in [5, 5.41) is 0.845. The molecule has 1 aliphatic carbocycles. The van der Waals surface area contributed by atoms with E-state index in [9.17, 15) is 4.79 Å². The summed E-state index contributed by atoms with van der Waals surface area (Å²) >= 11 is 1.73. The first-order chi connectivity index (χ1) is 14.1. The lowest BCUT2D eigenvalue weighted by Gasteiger charge is -2.31. The largest absolute Gasteiger partial charge is 0.309 e. The van der Waals surface area contributed by atoms with Crippen LogP contribution in [0.5, 0.6) is 0 Å². The van der Waals surface area contributed by atoms with Gasteiger partial charge in [-0.25, -0.2) is 4.98 Å². The van der Waals surface area contributed by atoms with Crippen LogP contribution in [0, 0.1) is 5.92 Å². The average Bonchev–Trinajstić information content (AvgIpc) is 3.11. The SMILES string of the molecule is CC1CCc2c(sc3nc(C(C)N4CC=C(c5ccccc5)CC4)[nH]c(=O)c23)C1. The molecule has 0 fully saturated rings. The van der Waals surface area contributed by atoms with Gasteiger partial charge in [0.25, 0.3) is 5.56 Å². The molecule has 1 aliphatic heterocycles. The van der Waals surface area contributed by atoms with E-state index >= 15 is 0 Å². The molecule has 0 spiro atoms. The van der Waals surface area contributed by atoms with Gasteiger partial charge in [0.2, 0.25) is 0 Å². The quantitative estimate of drug-likeness (QED) is 0.670. The van der Waals surface area contributed by atoms with Crippen molar-refractivity contribution in [1.82, 2.24) is 14.9 Å². The Kier molecular flexibility index (Phi) is 4.88. The maximum absolute atomic E-state index is 12.9. The number of fused-ring (bicyclic) bond motifs is 3. The van der Waals surface area contributed by atoms with E-state index in [1.54, 1.807) is 11.3 Å². The molecule has 0 radical (unpaired) electrons. The molecule has 1 aromatic carbocycles. The highest BCUT2D eigenvalue weighted by molar-refractivity contribution is 7.18. The van der Waals surface area contributed by atoms with Crippen LogP contribution in [0.3, 0.4) is 0 Å². The molecule has 1 N–H and O–H groups in total. The van der Waals surface area contributed by atoms with Crippen molar-refractivity contribution < 1.29 is 0 Å². The van der Waals surface area contributed by atoms with E-state index in [1.807, 2.05) is 0 Å². The second-order valence-electron chi connectivity index (χ2n) is 8.50. The van der Waals surface area contributed by atoms with E-state index in [-0.39, 0.29) is 11.6 Å². The van der Waals surface area contributed by atoms with Crippen molar-refractivity contribution >= 4 is 27.1 Å². The van der Waals surface area contributed by atoms with Gasteiger partial charge in [0, 0.05) is 18.0 Å². The average molecular weight is 406 g/mol. The van der Waals surface area contributed by atoms with Crippen LogP contribution in [0.25, 0.3) is 15.8 Å². The van der Waals surface area contributed by atoms with E-state index in [1.165, 1.54) is 28.0 Å². The Morgan fingerprint density at radius 2 is 2.07 bits per heavy atom. The Morgan fingerprint density at radius 3 is 2.83 bits per heavy atom. The number of benzene rings is 1. The monoisotopic (exact) mass is 405 g/mol. The highest BCUT2D eigenvalue weighted by atomic mass is 32.1. The Hall–Kier alpha value is -2.24. The van der Waals surface area contributed by atoms with Crippen molar-refractivity contribution in [3.8, 4) is 0 Å². The Labute approximate surface area is 175 Å². The highest BCUT2D eigenvalue weighted by Gasteiger charge is 2.25. The third kappa shape index (κ3) is 3.47. The van der Waals surface area contributed by atoms with Gasteiger partial charge in [-0.3, -0.25) is 9.69 Å². The van der Waals surface area contributed by atoms with Crippen LogP contribution in [0.1, 0.15) is 54.6 Å². The van der Waals surface area contributed by atoms with Crippen LogP contribution < -0.4 is 5.56 Å². The molecule has 4 nitrogen and oxygen atoms in total. The first kappa shape index (κ1) is 18.8. The third-order valence-electron chi connectivity index (χ3n) is 6.51. The molecule has 0 amide bonds. The van der Waals surface area contributed by atoms with Crippen molar-refractivity contribution in [2.24, 2.45) is 5.92 Å². The predicted octanol–water partition coefficient (Wildman–Crippen LogP) is 4.96. The van der Waals surface area contributed by atoms with Crippen LogP contribution in [-0.4, -0.2) is 28.0 Å². The van der Waals surface area contributed by atoms with Gasteiger partial charge in [-0.1, -0.05) is 43.3 Å². The number of thiophene rings is 1. The molecule has 2 aromatic heterocycles. The number of nitrogens with one attached hydrogen (secondary N) is 1. The molecule has 0 saturated heterocycles.